The van der Waals surface area contributed by atoms with Gasteiger partial charge < -0.3 is 13.9 Å². The van der Waals surface area contributed by atoms with Gasteiger partial charge in [-0.25, -0.2) is 4.98 Å². The molecule has 0 bridgehead atoms. The Morgan fingerprint density at radius 1 is 0.500 bits per heavy atom. The van der Waals surface area contributed by atoms with Gasteiger partial charge in [-0.3, -0.25) is 4.57 Å². The number of pyridine rings is 1. The Balaban J connectivity index is 0.00000625. The third-order valence-electron chi connectivity index (χ3n) is 13.7. The Bertz CT molecular complexity index is 3230. The first kappa shape index (κ1) is 48.4. The number of fused-ring (bicyclic) bond motifs is 3. The topological polar surface area (TPSA) is 35.9 Å². The third-order valence-corrected chi connectivity index (χ3v) is 13.7. The van der Waals surface area contributed by atoms with Crippen LogP contribution in [-0.4, -0.2) is 14.1 Å². The van der Waals surface area contributed by atoms with Crippen LogP contribution in [0, 0.1) is 18.5 Å². The van der Waals surface area contributed by atoms with Gasteiger partial charge in [0, 0.05) is 55.9 Å². The van der Waals surface area contributed by atoms with Gasteiger partial charge in [-0.2, -0.15) is 12.1 Å². The molecule has 0 aliphatic carbocycles. The molecule has 0 saturated carbocycles. The summed E-state index contributed by atoms with van der Waals surface area (Å²) in [5, 5.41) is 2.22. The molecule has 0 N–H and O–H groups in total. The van der Waals surface area contributed by atoms with Crippen molar-refractivity contribution in [3.63, 3.8) is 0 Å². The number of hydrogen-bond donors (Lipinski definition) is 0. The molecule has 0 radical (unpaired) electrons. The average molecular weight is 1080 g/mol. The predicted octanol–water partition coefficient (Wildman–Crippen LogP) is 15.0. The van der Waals surface area contributed by atoms with E-state index in [-0.39, 0.29) is 37.3 Å². The van der Waals surface area contributed by atoms with E-state index in [0.717, 1.165) is 50.3 Å². The molecule has 0 spiro atoms. The largest absolute Gasteiger partial charge is 0.510 e. The van der Waals surface area contributed by atoms with Crippen LogP contribution in [0.4, 0.5) is 0 Å². The summed E-state index contributed by atoms with van der Waals surface area (Å²) in [4.78, 5) is 4.92. The number of hydrogen-bond acceptors (Lipinski definition) is 2. The van der Waals surface area contributed by atoms with E-state index in [0.29, 0.717) is 11.5 Å². The molecular weight excluding hydrogens is 1010 g/mol. The Kier molecular flexibility index (Phi) is 12.7. The van der Waals surface area contributed by atoms with Crippen molar-refractivity contribution in [1.29, 1.82) is 0 Å². The number of ether oxygens (including phenoxy) is 1. The Morgan fingerprint density at radius 2 is 1.09 bits per heavy atom. The first-order valence-electron chi connectivity index (χ1n) is 23.6. The number of rotatable bonds is 9. The van der Waals surface area contributed by atoms with E-state index < -0.39 is 10.8 Å². The molecule has 0 unspecified atom stereocenters. The van der Waals surface area contributed by atoms with Crippen LogP contribution in [0.25, 0.3) is 39.0 Å². The summed E-state index contributed by atoms with van der Waals surface area (Å²) in [6.45, 7) is 29.6. The Labute approximate surface area is 419 Å². The van der Waals surface area contributed by atoms with Crippen LogP contribution in [0.1, 0.15) is 129 Å². The fraction of sp³-hybridized carbons (Fsp3) is 0.290. The minimum Gasteiger partial charge on any atom is -0.510 e. The van der Waals surface area contributed by atoms with Crippen LogP contribution < -0.4 is 9.30 Å². The maximum Gasteiger partial charge on any atom is 0.267 e. The Morgan fingerprint density at radius 3 is 1.71 bits per heavy atom. The predicted molar refractivity (Wildman–Crippen MR) is 276 cm³/mol. The van der Waals surface area contributed by atoms with Crippen molar-refractivity contribution < 1.29 is 30.4 Å². The second-order valence-corrected chi connectivity index (χ2v) is 22.4. The second-order valence-electron chi connectivity index (χ2n) is 22.4. The first-order valence-corrected chi connectivity index (χ1v) is 23.6. The monoisotopic (exact) mass is 1080 g/mol. The van der Waals surface area contributed by atoms with Crippen molar-refractivity contribution in [2.24, 2.45) is 0 Å². The molecule has 0 aliphatic heterocycles. The molecule has 6 heteroatoms. The van der Waals surface area contributed by atoms with E-state index in [1.165, 1.54) is 27.8 Å². The van der Waals surface area contributed by atoms with Gasteiger partial charge in [-0.05, 0) is 90.9 Å². The van der Waals surface area contributed by atoms with Crippen molar-refractivity contribution in [2.75, 3.05) is 0 Å². The molecule has 0 atom stereocenters. The van der Waals surface area contributed by atoms with Crippen LogP contribution >= 0.6 is 0 Å². The fourth-order valence-electron chi connectivity index (χ4n) is 9.13. The van der Waals surface area contributed by atoms with E-state index in [9.17, 15) is 0 Å². The van der Waals surface area contributed by atoms with E-state index in [1.54, 1.807) is 0 Å². The van der Waals surface area contributed by atoms with Gasteiger partial charge in [-0.15, -0.1) is 35.2 Å². The minimum absolute atomic E-state index is 0. The van der Waals surface area contributed by atoms with Gasteiger partial charge in [0.05, 0.1) is 11.4 Å². The Hall–Kier alpha value is -6.03. The summed E-state index contributed by atoms with van der Waals surface area (Å²) >= 11 is 0. The van der Waals surface area contributed by atoms with Gasteiger partial charge in [0.25, 0.3) is 6.33 Å². The van der Waals surface area contributed by atoms with E-state index in [4.69, 9.17) is 9.72 Å². The number of nitrogens with zero attached hydrogens (tertiary/aromatic N) is 4. The zero-order valence-electron chi connectivity index (χ0n) is 41.9. The fourth-order valence-corrected chi connectivity index (χ4v) is 9.13. The van der Waals surface area contributed by atoms with E-state index in [1.807, 2.05) is 12.3 Å². The quantitative estimate of drug-likeness (QED) is 0.107. The minimum atomic E-state index is -0.429. The van der Waals surface area contributed by atoms with E-state index in [2.05, 4.69) is 262 Å². The maximum absolute atomic E-state index is 7.01. The second kappa shape index (κ2) is 17.8. The van der Waals surface area contributed by atoms with Crippen LogP contribution in [0.5, 0.6) is 11.5 Å². The third kappa shape index (κ3) is 9.27. The van der Waals surface area contributed by atoms with Crippen LogP contribution in [0.15, 0.2) is 152 Å². The SMILES string of the molecule is CC(C)(C)c1cc(-[n+]2[c-]n(-c3[c-]c(Oc4[c-]c5c(cc4)c4ccccc4n5-c4cc(C(C)(C)C)ccn4)cc(C(C)(C)c4ccccc4)c3)c(C(C)(C)c3ccccc3)c2)cc(C(C)(C)C)c1.[Pt]. The number of imidazole rings is 1. The van der Waals surface area contributed by atoms with Crippen molar-refractivity contribution in [2.45, 2.75) is 117 Å². The zero-order chi connectivity index (χ0) is 47.7. The summed E-state index contributed by atoms with van der Waals surface area (Å²) in [6.07, 6.45) is 8.03. The average Bonchev–Trinajstić information content (AvgIpc) is 3.90. The van der Waals surface area contributed by atoms with Crippen molar-refractivity contribution in [3.8, 4) is 28.7 Å². The van der Waals surface area contributed by atoms with Gasteiger partial charge in [0.15, 0.2) is 0 Å². The summed E-state index contributed by atoms with van der Waals surface area (Å²) in [5.74, 6) is 2.02. The smallest absolute Gasteiger partial charge is 0.267 e. The van der Waals surface area contributed by atoms with Crippen LogP contribution in [0.3, 0.4) is 0 Å². The summed E-state index contributed by atoms with van der Waals surface area (Å²) in [6, 6.07) is 57.3. The molecule has 9 aromatic rings. The first-order chi connectivity index (χ1) is 31.6. The number of aromatic nitrogens is 4. The molecule has 5 nitrogen and oxygen atoms in total. The van der Waals surface area contributed by atoms with Crippen molar-refractivity contribution in [1.82, 2.24) is 14.1 Å². The normalized spacial score (nSPS) is 12.7. The maximum atomic E-state index is 7.01. The standard InChI is InChI=1S/C62H64N4O.Pt/c1-58(2,3)44-30-31-63-57(37-44)66-54-27-21-20-26-52(54)53-29-28-50(39-55(53)66)67-51-36-47(61(10,11)42-22-16-14-17-23-42)35-49(38-51)65-41-64(40-56(65)62(12,13)43-24-18-15-19-25-43)48-33-45(59(4,5)6)32-46(34-48)60(7,8)9;/h14-37,40H,1-13H3;/q-2;. The molecule has 9 rings (SSSR count). The van der Waals surface area contributed by atoms with Gasteiger partial charge >= 0.3 is 0 Å². The molecular formula is C62H64N4OPt-2. The van der Waals surface area contributed by atoms with Crippen molar-refractivity contribution >= 4 is 21.8 Å². The molecule has 350 valence electrons. The molecule has 0 fully saturated rings. The molecule has 0 saturated heterocycles. The van der Waals surface area contributed by atoms with Crippen molar-refractivity contribution in [3.05, 3.63) is 209 Å². The molecule has 6 aromatic carbocycles. The van der Waals surface area contributed by atoms with Gasteiger partial charge in [0.1, 0.15) is 5.82 Å². The van der Waals surface area contributed by atoms with Gasteiger partial charge in [0.2, 0.25) is 0 Å². The number of benzene rings is 6. The summed E-state index contributed by atoms with van der Waals surface area (Å²) in [5.41, 5.74) is 11.2. The molecule has 68 heavy (non-hydrogen) atoms. The molecule has 0 aliphatic rings. The molecule has 3 aromatic heterocycles. The number of para-hydroxylation sites is 1. The molecule has 3 heterocycles. The van der Waals surface area contributed by atoms with E-state index >= 15 is 0 Å². The molecule has 0 amide bonds. The van der Waals surface area contributed by atoms with Crippen LogP contribution in [-0.2, 0) is 48.1 Å². The summed E-state index contributed by atoms with van der Waals surface area (Å²) in [7, 11) is 0. The zero-order valence-corrected chi connectivity index (χ0v) is 44.2. The summed E-state index contributed by atoms with van der Waals surface area (Å²) < 4.78 is 13.6. The van der Waals surface area contributed by atoms with Crippen LogP contribution in [0.2, 0.25) is 0 Å². The van der Waals surface area contributed by atoms with Gasteiger partial charge in [-0.1, -0.05) is 180 Å².